The van der Waals surface area contributed by atoms with Gasteiger partial charge in [-0.05, 0) is 37.8 Å². The molecule has 1 unspecified atom stereocenters. The van der Waals surface area contributed by atoms with Gasteiger partial charge in [0.15, 0.2) is 0 Å². The second-order valence-corrected chi connectivity index (χ2v) is 5.83. The summed E-state index contributed by atoms with van der Waals surface area (Å²) in [6, 6.07) is 7.59. The second-order valence-electron chi connectivity index (χ2n) is 5.83. The molecule has 1 amide bonds. The number of hydrogen-bond donors (Lipinski definition) is 1. The molecule has 0 bridgehead atoms. The van der Waals surface area contributed by atoms with Crippen LogP contribution < -0.4 is 10.5 Å². The Morgan fingerprint density at radius 2 is 2.00 bits per heavy atom. The first-order chi connectivity index (χ1) is 10.6. The summed E-state index contributed by atoms with van der Waals surface area (Å²) < 4.78 is 10.6. The molecule has 2 rings (SSSR count). The van der Waals surface area contributed by atoms with Crippen LogP contribution >= 0.6 is 0 Å². The average Bonchev–Trinajstić information content (AvgIpc) is 2.55. The molecule has 5 heteroatoms. The first kappa shape index (κ1) is 16.8. The van der Waals surface area contributed by atoms with Crippen LogP contribution in [0, 0.1) is 5.92 Å². The van der Waals surface area contributed by atoms with Crippen LogP contribution in [0.5, 0.6) is 5.75 Å². The number of para-hydroxylation sites is 1. The lowest BCUT2D eigenvalue weighted by atomic mass is 9.90. The van der Waals surface area contributed by atoms with Crippen LogP contribution in [-0.4, -0.2) is 50.3 Å². The van der Waals surface area contributed by atoms with Crippen molar-refractivity contribution < 1.29 is 14.3 Å². The van der Waals surface area contributed by atoms with Gasteiger partial charge in [-0.2, -0.15) is 0 Å². The number of methoxy groups -OCH3 is 1. The molecule has 22 heavy (non-hydrogen) atoms. The second kappa shape index (κ2) is 8.15. The number of ether oxygens (including phenoxy) is 2. The molecule has 1 fully saturated rings. The van der Waals surface area contributed by atoms with Crippen molar-refractivity contribution in [1.82, 2.24) is 4.90 Å². The molecule has 0 aromatic heterocycles. The number of likely N-dealkylation sites (tertiary alicyclic amines) is 1. The van der Waals surface area contributed by atoms with Crippen LogP contribution in [0.3, 0.4) is 0 Å². The van der Waals surface area contributed by atoms with Gasteiger partial charge < -0.3 is 20.1 Å². The van der Waals surface area contributed by atoms with Crippen molar-refractivity contribution in [2.24, 2.45) is 11.7 Å². The quantitative estimate of drug-likeness (QED) is 0.815. The third kappa shape index (κ3) is 4.21. The van der Waals surface area contributed by atoms with Crippen LogP contribution in [0.25, 0.3) is 0 Å². The maximum Gasteiger partial charge on any atom is 0.257 e. The fourth-order valence-corrected chi connectivity index (χ4v) is 2.80. The molecule has 2 N–H and O–H groups in total. The summed E-state index contributed by atoms with van der Waals surface area (Å²) in [5.74, 6) is 1.17. The van der Waals surface area contributed by atoms with Crippen molar-refractivity contribution in [2.45, 2.75) is 25.8 Å². The minimum absolute atomic E-state index is 0.0381. The Bertz CT molecular complexity index is 483. The lowest BCUT2D eigenvalue weighted by molar-refractivity contribution is 0.0674. The molecule has 0 radical (unpaired) electrons. The Kier molecular flexibility index (Phi) is 6.21. The molecule has 5 nitrogen and oxygen atoms in total. The van der Waals surface area contributed by atoms with Gasteiger partial charge in [-0.3, -0.25) is 4.79 Å². The van der Waals surface area contributed by atoms with Crippen molar-refractivity contribution >= 4 is 5.91 Å². The van der Waals surface area contributed by atoms with Crippen LogP contribution in [0.2, 0.25) is 0 Å². The standard InChI is InChI=1S/C17H26N2O3/c1-13(18)14-7-9-19(10-8-14)17(20)15-5-3-4-6-16(15)22-12-11-21-2/h3-6,13-14H,7-12,18H2,1-2H3. The van der Waals surface area contributed by atoms with E-state index in [1.165, 1.54) is 0 Å². The van der Waals surface area contributed by atoms with E-state index in [-0.39, 0.29) is 11.9 Å². The molecule has 1 heterocycles. The van der Waals surface area contributed by atoms with Gasteiger partial charge in [0.25, 0.3) is 5.91 Å². The molecular weight excluding hydrogens is 280 g/mol. The van der Waals surface area contributed by atoms with E-state index in [1.807, 2.05) is 36.1 Å². The van der Waals surface area contributed by atoms with Gasteiger partial charge in [0.05, 0.1) is 12.2 Å². The Hall–Kier alpha value is -1.59. The number of hydrogen-bond acceptors (Lipinski definition) is 4. The van der Waals surface area contributed by atoms with E-state index in [9.17, 15) is 4.79 Å². The van der Waals surface area contributed by atoms with Gasteiger partial charge in [-0.15, -0.1) is 0 Å². The van der Waals surface area contributed by atoms with E-state index < -0.39 is 0 Å². The van der Waals surface area contributed by atoms with Crippen molar-refractivity contribution in [3.63, 3.8) is 0 Å². The normalized spacial score (nSPS) is 17.3. The lowest BCUT2D eigenvalue weighted by Gasteiger charge is -2.34. The van der Waals surface area contributed by atoms with E-state index in [0.29, 0.717) is 30.4 Å². The highest BCUT2D eigenvalue weighted by molar-refractivity contribution is 5.97. The zero-order chi connectivity index (χ0) is 15.9. The minimum Gasteiger partial charge on any atom is -0.490 e. The number of nitrogens with zero attached hydrogens (tertiary/aromatic N) is 1. The van der Waals surface area contributed by atoms with E-state index in [1.54, 1.807) is 7.11 Å². The molecule has 1 saturated heterocycles. The number of nitrogens with two attached hydrogens (primary N) is 1. The van der Waals surface area contributed by atoms with Crippen LogP contribution in [-0.2, 0) is 4.74 Å². The molecule has 122 valence electrons. The topological polar surface area (TPSA) is 64.8 Å². The predicted molar refractivity (Wildman–Crippen MR) is 86.1 cm³/mol. The van der Waals surface area contributed by atoms with Crippen LogP contribution in [0.1, 0.15) is 30.1 Å². The third-order valence-corrected chi connectivity index (χ3v) is 4.23. The maximum absolute atomic E-state index is 12.7. The van der Waals surface area contributed by atoms with Crippen molar-refractivity contribution in [2.75, 3.05) is 33.4 Å². The van der Waals surface area contributed by atoms with Gasteiger partial charge in [-0.25, -0.2) is 0 Å². The summed E-state index contributed by atoms with van der Waals surface area (Å²) in [4.78, 5) is 14.6. The summed E-state index contributed by atoms with van der Waals surface area (Å²) in [7, 11) is 1.63. The summed E-state index contributed by atoms with van der Waals surface area (Å²) in [6.07, 6.45) is 1.94. The molecule has 0 aliphatic carbocycles. The first-order valence-corrected chi connectivity index (χ1v) is 7.89. The molecule has 1 aliphatic heterocycles. The fourth-order valence-electron chi connectivity index (χ4n) is 2.80. The highest BCUT2D eigenvalue weighted by atomic mass is 16.5. The van der Waals surface area contributed by atoms with Crippen molar-refractivity contribution in [1.29, 1.82) is 0 Å². The predicted octanol–water partition coefficient (Wildman–Crippen LogP) is 1.91. The summed E-state index contributed by atoms with van der Waals surface area (Å²) in [5, 5.41) is 0. The van der Waals surface area contributed by atoms with E-state index in [4.69, 9.17) is 15.2 Å². The summed E-state index contributed by atoms with van der Waals surface area (Å²) in [6.45, 7) is 4.51. The lowest BCUT2D eigenvalue weighted by Crippen LogP contribution is -2.42. The number of piperidine rings is 1. The third-order valence-electron chi connectivity index (χ3n) is 4.23. The van der Waals surface area contributed by atoms with Crippen LogP contribution in [0.15, 0.2) is 24.3 Å². The average molecular weight is 306 g/mol. The zero-order valence-corrected chi connectivity index (χ0v) is 13.5. The van der Waals surface area contributed by atoms with Gasteiger partial charge in [0.1, 0.15) is 12.4 Å². The molecule has 1 atom stereocenters. The Labute approximate surface area is 132 Å². The minimum atomic E-state index is 0.0381. The molecule has 1 aromatic rings. The van der Waals surface area contributed by atoms with Gasteiger partial charge >= 0.3 is 0 Å². The fraction of sp³-hybridized carbons (Fsp3) is 0.588. The molecule has 0 saturated carbocycles. The summed E-state index contributed by atoms with van der Waals surface area (Å²) >= 11 is 0. The van der Waals surface area contributed by atoms with Crippen molar-refractivity contribution in [3.8, 4) is 5.75 Å². The largest absolute Gasteiger partial charge is 0.490 e. The number of carbonyl (C=O) groups excluding carboxylic acids is 1. The highest BCUT2D eigenvalue weighted by Gasteiger charge is 2.26. The molecule has 1 aliphatic rings. The SMILES string of the molecule is COCCOc1ccccc1C(=O)N1CCC(C(C)N)CC1. The Morgan fingerprint density at radius 1 is 1.32 bits per heavy atom. The Balaban J connectivity index is 2.00. The van der Waals surface area contributed by atoms with Gasteiger partial charge in [0, 0.05) is 26.2 Å². The maximum atomic E-state index is 12.7. The summed E-state index contributed by atoms with van der Waals surface area (Å²) in [5.41, 5.74) is 6.58. The highest BCUT2D eigenvalue weighted by Crippen LogP contribution is 2.24. The monoisotopic (exact) mass is 306 g/mol. The van der Waals surface area contributed by atoms with Gasteiger partial charge in [-0.1, -0.05) is 12.1 Å². The molecule has 1 aromatic carbocycles. The van der Waals surface area contributed by atoms with Crippen LogP contribution in [0.4, 0.5) is 0 Å². The number of carbonyl (C=O) groups is 1. The number of rotatable bonds is 6. The number of amides is 1. The number of benzene rings is 1. The van der Waals surface area contributed by atoms with E-state index >= 15 is 0 Å². The molecule has 0 spiro atoms. The Morgan fingerprint density at radius 3 is 2.64 bits per heavy atom. The molecular formula is C17H26N2O3. The van der Waals surface area contributed by atoms with Gasteiger partial charge in [0.2, 0.25) is 0 Å². The smallest absolute Gasteiger partial charge is 0.257 e. The first-order valence-electron chi connectivity index (χ1n) is 7.89. The zero-order valence-electron chi connectivity index (χ0n) is 13.5. The van der Waals surface area contributed by atoms with E-state index in [2.05, 4.69) is 0 Å². The van der Waals surface area contributed by atoms with E-state index in [0.717, 1.165) is 25.9 Å². The van der Waals surface area contributed by atoms with Crippen molar-refractivity contribution in [3.05, 3.63) is 29.8 Å².